The Morgan fingerprint density at radius 2 is 2.18 bits per heavy atom. The van der Waals surface area contributed by atoms with Crippen LogP contribution in [0.15, 0.2) is 0 Å². The Labute approximate surface area is 65.6 Å². The molecule has 4 nitrogen and oxygen atoms in total. The van der Waals surface area contributed by atoms with Crippen molar-refractivity contribution in [2.75, 3.05) is 0 Å². The van der Waals surface area contributed by atoms with Gasteiger partial charge >= 0.3 is 0 Å². The molecule has 0 aromatic carbocycles. The standard InChI is InChI=1S/C7H10N4/c1-6(2)4-5-7-8-9-10-11(7)3/h6H,1-3H3. The molecule has 0 N–H and O–H groups in total. The lowest BCUT2D eigenvalue weighted by molar-refractivity contribution is 0.705. The van der Waals surface area contributed by atoms with Gasteiger partial charge in [-0.25, -0.2) is 4.68 Å². The maximum atomic E-state index is 3.72. The molecule has 1 aromatic rings. The Hall–Kier alpha value is -1.37. The zero-order valence-electron chi connectivity index (χ0n) is 6.87. The van der Waals surface area contributed by atoms with E-state index in [1.807, 2.05) is 13.8 Å². The summed E-state index contributed by atoms with van der Waals surface area (Å²) in [5.74, 6) is 6.81. The van der Waals surface area contributed by atoms with Gasteiger partial charge in [0.05, 0.1) is 0 Å². The molecule has 0 fully saturated rings. The number of nitrogens with zero attached hydrogens (tertiary/aromatic N) is 4. The molecule has 1 aromatic heterocycles. The predicted octanol–water partition coefficient (Wildman–Crippen LogP) is 0.218. The van der Waals surface area contributed by atoms with E-state index in [9.17, 15) is 0 Å². The summed E-state index contributed by atoms with van der Waals surface area (Å²) in [7, 11) is 1.77. The van der Waals surface area contributed by atoms with Crippen LogP contribution in [-0.2, 0) is 7.05 Å². The minimum atomic E-state index is 0.353. The average Bonchev–Trinajstić information content (AvgIpc) is 2.31. The van der Waals surface area contributed by atoms with E-state index < -0.39 is 0 Å². The monoisotopic (exact) mass is 150 g/mol. The van der Waals surface area contributed by atoms with Crippen LogP contribution in [0.5, 0.6) is 0 Å². The Balaban J connectivity index is 2.81. The van der Waals surface area contributed by atoms with Crippen LogP contribution in [0.1, 0.15) is 19.7 Å². The molecule has 0 atom stereocenters. The smallest absolute Gasteiger partial charge is 0.222 e. The minimum Gasteiger partial charge on any atom is -0.222 e. The van der Waals surface area contributed by atoms with Gasteiger partial charge in [0.15, 0.2) is 0 Å². The topological polar surface area (TPSA) is 43.6 Å². The van der Waals surface area contributed by atoms with Gasteiger partial charge in [-0.1, -0.05) is 24.9 Å². The summed E-state index contributed by atoms with van der Waals surface area (Å²) in [5, 5.41) is 10.8. The molecule has 58 valence electrons. The molecule has 0 saturated heterocycles. The van der Waals surface area contributed by atoms with E-state index in [1.54, 1.807) is 11.7 Å². The van der Waals surface area contributed by atoms with Crippen molar-refractivity contribution in [2.24, 2.45) is 13.0 Å². The summed E-state index contributed by atoms with van der Waals surface area (Å²) in [6.45, 7) is 4.05. The van der Waals surface area contributed by atoms with E-state index in [0.29, 0.717) is 11.7 Å². The van der Waals surface area contributed by atoms with E-state index >= 15 is 0 Å². The Kier molecular flexibility index (Phi) is 2.21. The Morgan fingerprint density at radius 3 is 2.64 bits per heavy atom. The van der Waals surface area contributed by atoms with Crippen molar-refractivity contribution in [1.29, 1.82) is 0 Å². The van der Waals surface area contributed by atoms with E-state index in [0.717, 1.165) is 0 Å². The number of hydrogen-bond acceptors (Lipinski definition) is 3. The van der Waals surface area contributed by atoms with Gasteiger partial charge in [0.1, 0.15) is 0 Å². The SMILES string of the molecule is CC(C)C#Cc1nnnn1C. The summed E-state index contributed by atoms with van der Waals surface area (Å²) in [6, 6.07) is 0. The highest BCUT2D eigenvalue weighted by Crippen LogP contribution is 1.89. The Morgan fingerprint density at radius 1 is 1.45 bits per heavy atom. The fraction of sp³-hybridized carbons (Fsp3) is 0.571. The van der Waals surface area contributed by atoms with Crippen LogP contribution < -0.4 is 0 Å². The number of hydrogen-bond donors (Lipinski definition) is 0. The third-order valence-corrected chi connectivity index (χ3v) is 1.09. The van der Waals surface area contributed by atoms with Gasteiger partial charge < -0.3 is 0 Å². The first-order valence-electron chi connectivity index (χ1n) is 3.44. The van der Waals surface area contributed by atoms with Crippen LogP contribution in [0.2, 0.25) is 0 Å². The van der Waals surface area contributed by atoms with Gasteiger partial charge in [-0.05, 0) is 16.3 Å². The lowest BCUT2D eigenvalue weighted by Crippen LogP contribution is -1.94. The second kappa shape index (κ2) is 3.15. The zero-order chi connectivity index (χ0) is 8.27. The van der Waals surface area contributed by atoms with Crippen LogP contribution in [0.25, 0.3) is 0 Å². The van der Waals surface area contributed by atoms with Crippen molar-refractivity contribution in [3.05, 3.63) is 5.82 Å². The quantitative estimate of drug-likeness (QED) is 0.497. The molecular weight excluding hydrogens is 140 g/mol. The van der Waals surface area contributed by atoms with E-state index in [1.165, 1.54) is 0 Å². The maximum absolute atomic E-state index is 3.72. The maximum Gasteiger partial charge on any atom is 0.225 e. The van der Waals surface area contributed by atoms with Crippen molar-refractivity contribution < 1.29 is 0 Å². The summed E-state index contributed by atoms with van der Waals surface area (Å²) in [5.41, 5.74) is 0. The van der Waals surface area contributed by atoms with Gasteiger partial charge in [0.2, 0.25) is 5.82 Å². The van der Waals surface area contributed by atoms with E-state index in [4.69, 9.17) is 0 Å². The zero-order valence-corrected chi connectivity index (χ0v) is 6.87. The highest BCUT2D eigenvalue weighted by molar-refractivity contribution is 5.19. The van der Waals surface area contributed by atoms with Gasteiger partial charge in [-0.3, -0.25) is 0 Å². The number of tetrazole rings is 1. The highest BCUT2D eigenvalue weighted by atomic mass is 15.5. The fourth-order valence-corrected chi connectivity index (χ4v) is 0.544. The second-order valence-electron chi connectivity index (χ2n) is 2.55. The number of aryl methyl sites for hydroxylation is 1. The Bertz CT molecular complexity index is 289. The van der Waals surface area contributed by atoms with Crippen molar-refractivity contribution in [2.45, 2.75) is 13.8 Å². The van der Waals surface area contributed by atoms with Crippen LogP contribution in [0, 0.1) is 17.8 Å². The van der Waals surface area contributed by atoms with E-state index in [-0.39, 0.29) is 0 Å². The van der Waals surface area contributed by atoms with Crippen molar-refractivity contribution in [3.8, 4) is 11.8 Å². The van der Waals surface area contributed by atoms with Crippen LogP contribution in [-0.4, -0.2) is 20.2 Å². The van der Waals surface area contributed by atoms with Crippen LogP contribution in [0.4, 0.5) is 0 Å². The molecule has 0 amide bonds. The summed E-state index contributed by atoms with van der Waals surface area (Å²) in [6.07, 6.45) is 0. The molecule has 0 aliphatic rings. The fourth-order valence-electron chi connectivity index (χ4n) is 0.544. The molecular formula is C7H10N4. The first-order valence-corrected chi connectivity index (χ1v) is 3.44. The molecule has 0 aliphatic heterocycles. The van der Waals surface area contributed by atoms with Crippen molar-refractivity contribution in [3.63, 3.8) is 0 Å². The van der Waals surface area contributed by atoms with Gasteiger partial charge in [0, 0.05) is 13.0 Å². The molecule has 4 heteroatoms. The molecule has 0 aliphatic carbocycles. The first kappa shape index (κ1) is 7.73. The molecule has 1 heterocycles. The van der Waals surface area contributed by atoms with Crippen molar-refractivity contribution >= 4 is 0 Å². The minimum absolute atomic E-state index is 0.353. The van der Waals surface area contributed by atoms with E-state index in [2.05, 4.69) is 27.4 Å². The largest absolute Gasteiger partial charge is 0.225 e. The molecule has 0 saturated carbocycles. The predicted molar refractivity (Wildman–Crippen MR) is 40.5 cm³/mol. The first-order chi connectivity index (χ1) is 5.20. The lowest BCUT2D eigenvalue weighted by Gasteiger charge is -1.87. The van der Waals surface area contributed by atoms with Crippen molar-refractivity contribution in [1.82, 2.24) is 20.2 Å². The van der Waals surface area contributed by atoms with Gasteiger partial charge in [-0.2, -0.15) is 0 Å². The van der Waals surface area contributed by atoms with Gasteiger partial charge in [-0.15, -0.1) is 0 Å². The average molecular weight is 150 g/mol. The number of rotatable bonds is 0. The van der Waals surface area contributed by atoms with Crippen LogP contribution >= 0.6 is 0 Å². The molecule has 0 radical (unpaired) electrons. The molecule has 0 unspecified atom stereocenters. The molecule has 0 bridgehead atoms. The van der Waals surface area contributed by atoms with Gasteiger partial charge in [0.25, 0.3) is 0 Å². The summed E-state index contributed by atoms with van der Waals surface area (Å²) >= 11 is 0. The van der Waals surface area contributed by atoms with Crippen LogP contribution in [0.3, 0.4) is 0 Å². The molecule has 1 rings (SSSR count). The highest BCUT2D eigenvalue weighted by Gasteiger charge is 1.94. The molecule has 11 heavy (non-hydrogen) atoms. The third kappa shape index (κ3) is 2.04. The summed E-state index contributed by atoms with van der Waals surface area (Å²) < 4.78 is 1.55. The second-order valence-corrected chi connectivity index (χ2v) is 2.55. The third-order valence-electron chi connectivity index (χ3n) is 1.09. The normalized spacial score (nSPS) is 9.45. The number of aromatic nitrogens is 4. The lowest BCUT2D eigenvalue weighted by atomic mass is 10.2. The molecule has 0 spiro atoms. The summed E-state index contributed by atoms with van der Waals surface area (Å²) in [4.78, 5) is 0.